The van der Waals surface area contributed by atoms with Crippen molar-refractivity contribution in [3.8, 4) is 5.75 Å². The Morgan fingerprint density at radius 1 is 1.21 bits per heavy atom. The van der Waals surface area contributed by atoms with E-state index in [0.717, 1.165) is 18.8 Å². The van der Waals surface area contributed by atoms with E-state index in [1.807, 2.05) is 12.1 Å². The first-order valence-corrected chi connectivity index (χ1v) is 4.97. The molecule has 1 rings (SSSR count). The SMILES string of the molecule is [C]#[N+]c1ccc(OCCCCC)cc1. The fourth-order valence-electron chi connectivity index (χ4n) is 1.16. The molecule has 0 aliphatic carbocycles. The summed E-state index contributed by atoms with van der Waals surface area (Å²) in [6.07, 6.45) is 3.52. The van der Waals surface area contributed by atoms with Crippen LogP contribution in [0.3, 0.4) is 0 Å². The molecule has 0 bridgehead atoms. The molecular weight excluding hydrogens is 174 g/mol. The van der Waals surface area contributed by atoms with Crippen LogP contribution < -0.4 is 4.74 Å². The third-order valence-electron chi connectivity index (χ3n) is 1.98. The largest absolute Gasteiger partial charge is 0.494 e. The number of nitrogens with zero attached hydrogens (tertiary/aromatic N) is 1. The number of unbranched alkanes of at least 4 members (excludes halogenated alkanes) is 2. The zero-order chi connectivity index (χ0) is 10.2. The van der Waals surface area contributed by atoms with Gasteiger partial charge in [0.05, 0.1) is 6.61 Å². The highest BCUT2D eigenvalue weighted by Crippen LogP contribution is 2.17. The van der Waals surface area contributed by atoms with Gasteiger partial charge < -0.3 is 4.74 Å². The second kappa shape index (κ2) is 6.04. The quantitative estimate of drug-likeness (QED) is 0.642. The van der Waals surface area contributed by atoms with Crippen molar-refractivity contribution in [2.24, 2.45) is 0 Å². The Kier molecular flexibility index (Phi) is 4.57. The number of rotatable bonds is 5. The van der Waals surface area contributed by atoms with Gasteiger partial charge in [-0.1, -0.05) is 19.8 Å². The Morgan fingerprint density at radius 2 is 1.93 bits per heavy atom. The first-order valence-electron chi connectivity index (χ1n) is 4.97. The smallest absolute Gasteiger partial charge is 0.455 e. The maximum absolute atomic E-state index is 6.79. The van der Waals surface area contributed by atoms with Gasteiger partial charge in [-0.25, -0.2) is 0 Å². The summed E-state index contributed by atoms with van der Waals surface area (Å²) < 4.78 is 5.50. The zero-order valence-electron chi connectivity index (χ0n) is 8.49. The van der Waals surface area contributed by atoms with Crippen LogP contribution in [-0.2, 0) is 0 Å². The van der Waals surface area contributed by atoms with Crippen molar-refractivity contribution >= 4 is 5.69 Å². The van der Waals surface area contributed by atoms with Crippen LogP contribution in [0.5, 0.6) is 5.75 Å². The van der Waals surface area contributed by atoms with Crippen molar-refractivity contribution < 1.29 is 4.74 Å². The topological polar surface area (TPSA) is 13.6 Å². The van der Waals surface area contributed by atoms with Crippen molar-refractivity contribution in [1.29, 1.82) is 0 Å². The zero-order valence-corrected chi connectivity index (χ0v) is 8.49. The molecule has 0 amide bonds. The van der Waals surface area contributed by atoms with Gasteiger partial charge in [-0.05, 0) is 23.4 Å². The van der Waals surface area contributed by atoms with Crippen LogP contribution in [0.2, 0.25) is 0 Å². The van der Waals surface area contributed by atoms with Crippen LogP contribution in [0.15, 0.2) is 24.3 Å². The van der Waals surface area contributed by atoms with Crippen molar-refractivity contribution in [3.63, 3.8) is 0 Å². The lowest BCUT2D eigenvalue weighted by Gasteiger charge is -2.03. The highest BCUT2D eigenvalue weighted by Gasteiger charge is 1.99. The molecule has 2 heteroatoms. The normalized spacial score (nSPS) is 9.43. The molecule has 0 saturated heterocycles. The maximum atomic E-state index is 6.79. The van der Waals surface area contributed by atoms with Crippen molar-refractivity contribution in [2.75, 3.05) is 6.61 Å². The third-order valence-corrected chi connectivity index (χ3v) is 1.98. The molecule has 73 valence electrons. The Balaban J connectivity index is 2.33. The van der Waals surface area contributed by atoms with Crippen LogP contribution in [0.1, 0.15) is 26.2 Å². The second-order valence-corrected chi connectivity index (χ2v) is 3.16. The van der Waals surface area contributed by atoms with Crippen LogP contribution in [0.4, 0.5) is 5.69 Å². The van der Waals surface area contributed by atoms with E-state index in [2.05, 4.69) is 11.8 Å². The van der Waals surface area contributed by atoms with Gasteiger partial charge in [0.1, 0.15) is 5.75 Å². The van der Waals surface area contributed by atoms with Gasteiger partial charge in [0, 0.05) is 12.1 Å². The predicted octanol–water partition coefficient (Wildman–Crippen LogP) is 3.81. The molecule has 2 nitrogen and oxygen atoms in total. The highest BCUT2D eigenvalue weighted by molar-refractivity contribution is 5.46. The van der Waals surface area contributed by atoms with Crippen molar-refractivity contribution in [1.82, 2.24) is 0 Å². The number of hydrogen-bond acceptors (Lipinski definition) is 1. The summed E-state index contributed by atoms with van der Waals surface area (Å²) in [7, 11) is 0. The minimum absolute atomic E-state index is 0.658. The Bertz CT molecular complexity index is 297. The van der Waals surface area contributed by atoms with Crippen LogP contribution in [0, 0.1) is 6.57 Å². The summed E-state index contributed by atoms with van der Waals surface area (Å²) in [6, 6.07) is 7.25. The van der Waals surface area contributed by atoms with Crippen LogP contribution in [0.25, 0.3) is 4.85 Å². The fraction of sp³-hybridized carbons (Fsp3) is 0.417. The number of ether oxygens (including phenoxy) is 1. The maximum Gasteiger partial charge on any atom is 0.455 e. The fourth-order valence-corrected chi connectivity index (χ4v) is 1.16. The van der Waals surface area contributed by atoms with E-state index in [0.29, 0.717) is 5.69 Å². The molecule has 1 aromatic rings. The highest BCUT2D eigenvalue weighted by atomic mass is 16.5. The lowest BCUT2D eigenvalue weighted by molar-refractivity contribution is 0.306. The Hall–Kier alpha value is -1.49. The van der Waals surface area contributed by atoms with E-state index in [1.54, 1.807) is 12.1 Å². The van der Waals surface area contributed by atoms with Gasteiger partial charge in [0.25, 0.3) is 0 Å². The average Bonchev–Trinajstić information content (AvgIpc) is 2.25. The monoisotopic (exact) mass is 189 g/mol. The summed E-state index contributed by atoms with van der Waals surface area (Å²) >= 11 is 0. The van der Waals surface area contributed by atoms with Gasteiger partial charge in [0.15, 0.2) is 0 Å². The number of hydrogen-bond donors (Lipinski definition) is 0. The average molecular weight is 189 g/mol. The summed E-state index contributed by atoms with van der Waals surface area (Å²) in [5, 5.41) is 0. The lowest BCUT2D eigenvalue weighted by atomic mass is 10.2. The summed E-state index contributed by atoms with van der Waals surface area (Å²) in [5.41, 5.74) is 0.658. The molecule has 0 atom stereocenters. The molecule has 0 spiro atoms. The number of benzene rings is 1. The molecule has 0 aliphatic heterocycles. The molecular formula is C12H15NO+. The predicted molar refractivity (Wildman–Crippen MR) is 57.7 cm³/mol. The van der Waals surface area contributed by atoms with E-state index < -0.39 is 0 Å². The third kappa shape index (κ3) is 3.49. The standard InChI is InChI=1S/C12H15NO/c1-3-4-5-10-14-12-8-6-11(13-2)7-9-12/h6-9H,3-5,10H2,1H3/q+1. The summed E-state index contributed by atoms with van der Waals surface area (Å²) in [5.74, 6) is 0.855. The summed E-state index contributed by atoms with van der Waals surface area (Å²) in [6.45, 7) is 9.73. The molecule has 0 heterocycles. The Labute approximate surface area is 85.3 Å². The van der Waals surface area contributed by atoms with Gasteiger partial charge >= 0.3 is 12.3 Å². The van der Waals surface area contributed by atoms with Crippen molar-refractivity contribution in [2.45, 2.75) is 26.2 Å². The van der Waals surface area contributed by atoms with Crippen molar-refractivity contribution in [3.05, 3.63) is 35.7 Å². The first kappa shape index (κ1) is 10.6. The molecule has 14 heavy (non-hydrogen) atoms. The molecule has 1 radical (unpaired) electrons. The van der Waals surface area contributed by atoms with Crippen LogP contribution >= 0.6 is 0 Å². The minimum Gasteiger partial charge on any atom is -0.494 e. The Morgan fingerprint density at radius 3 is 2.50 bits per heavy atom. The van der Waals surface area contributed by atoms with Gasteiger partial charge in [-0.3, -0.25) is 0 Å². The van der Waals surface area contributed by atoms with E-state index in [9.17, 15) is 0 Å². The van der Waals surface area contributed by atoms with Gasteiger partial charge in [-0.2, -0.15) is 0 Å². The van der Waals surface area contributed by atoms with E-state index >= 15 is 0 Å². The molecule has 0 aromatic heterocycles. The molecule has 0 fully saturated rings. The van der Waals surface area contributed by atoms with E-state index in [1.165, 1.54) is 12.8 Å². The minimum atomic E-state index is 0.658. The van der Waals surface area contributed by atoms with E-state index in [4.69, 9.17) is 11.3 Å². The molecule has 0 aliphatic rings. The van der Waals surface area contributed by atoms with Gasteiger partial charge in [0.2, 0.25) is 0 Å². The molecule has 1 aromatic carbocycles. The van der Waals surface area contributed by atoms with Crippen LogP contribution in [-0.4, -0.2) is 6.61 Å². The van der Waals surface area contributed by atoms with Gasteiger partial charge in [-0.15, -0.1) is 0 Å². The molecule has 0 N–H and O–H groups in total. The molecule has 0 saturated carbocycles. The summed E-state index contributed by atoms with van der Waals surface area (Å²) in [4.78, 5) is 3.32. The molecule has 0 unspecified atom stereocenters. The lowest BCUT2D eigenvalue weighted by Crippen LogP contribution is -1.96. The second-order valence-electron chi connectivity index (χ2n) is 3.16. The first-order chi connectivity index (χ1) is 6.86. The van der Waals surface area contributed by atoms with E-state index in [-0.39, 0.29) is 0 Å².